The molecule has 5 rings (SSSR count). The number of nitrogens with zero attached hydrogens (tertiary/aromatic N) is 1. The summed E-state index contributed by atoms with van der Waals surface area (Å²) < 4.78 is 6.10. The van der Waals surface area contributed by atoms with Gasteiger partial charge in [-0.15, -0.1) is 6.58 Å². The molecule has 1 spiro atoms. The van der Waals surface area contributed by atoms with E-state index in [2.05, 4.69) is 17.5 Å². The van der Waals surface area contributed by atoms with Crippen LogP contribution in [0.25, 0.3) is 0 Å². The molecule has 4 atom stereocenters. The fraction of sp³-hybridized carbons (Fsp3) is 0.526. The Morgan fingerprint density at radius 1 is 1.43 bits per heavy atom. The molecule has 120 valence electrons. The summed E-state index contributed by atoms with van der Waals surface area (Å²) in [5, 5.41) is 11.8. The van der Waals surface area contributed by atoms with E-state index < -0.39 is 17.1 Å². The molecule has 0 amide bonds. The minimum Gasteiger partial charge on any atom is -0.481 e. The molecule has 1 saturated heterocycles. The highest BCUT2D eigenvalue weighted by Gasteiger charge is 2.72. The standard InChI is InChI=1S/C19H21NO3/c1-2-9-20-10-8-18-16-12-4-3-5-14(16)23-17(18)13(21)6-7-19(18,22)15(20)11-12/h2-5,15,17,22H,1,6-11H2. The summed E-state index contributed by atoms with van der Waals surface area (Å²) in [5.74, 6) is 0.964. The van der Waals surface area contributed by atoms with E-state index in [1.165, 1.54) is 5.56 Å². The number of benzene rings is 1. The Hall–Kier alpha value is -1.65. The summed E-state index contributed by atoms with van der Waals surface area (Å²) in [6.45, 7) is 5.52. The van der Waals surface area contributed by atoms with E-state index in [1.54, 1.807) is 0 Å². The van der Waals surface area contributed by atoms with Gasteiger partial charge in [0.05, 0.1) is 11.0 Å². The van der Waals surface area contributed by atoms with Crippen LogP contribution < -0.4 is 4.74 Å². The van der Waals surface area contributed by atoms with Crippen molar-refractivity contribution >= 4 is 5.78 Å². The lowest BCUT2D eigenvalue weighted by atomic mass is 9.49. The monoisotopic (exact) mass is 311 g/mol. The van der Waals surface area contributed by atoms with Gasteiger partial charge in [-0.25, -0.2) is 0 Å². The summed E-state index contributed by atoms with van der Waals surface area (Å²) >= 11 is 0. The third-order valence-electron chi connectivity index (χ3n) is 6.63. The fourth-order valence-electron chi connectivity index (χ4n) is 5.77. The van der Waals surface area contributed by atoms with Crippen molar-refractivity contribution in [2.75, 3.05) is 13.1 Å². The van der Waals surface area contributed by atoms with Crippen molar-refractivity contribution in [2.24, 2.45) is 0 Å². The highest BCUT2D eigenvalue weighted by atomic mass is 16.5. The predicted octanol–water partition coefficient (Wildman–Crippen LogP) is 1.60. The van der Waals surface area contributed by atoms with Crippen LogP contribution in [-0.4, -0.2) is 46.6 Å². The molecule has 1 saturated carbocycles. The summed E-state index contributed by atoms with van der Waals surface area (Å²) in [5.41, 5.74) is 0.930. The number of rotatable bonds is 2. The largest absolute Gasteiger partial charge is 0.481 e. The molecule has 23 heavy (non-hydrogen) atoms. The molecule has 0 aromatic heterocycles. The first-order chi connectivity index (χ1) is 11.1. The lowest BCUT2D eigenvalue weighted by Gasteiger charge is -2.62. The van der Waals surface area contributed by atoms with Gasteiger partial charge >= 0.3 is 0 Å². The smallest absolute Gasteiger partial charge is 0.174 e. The van der Waals surface area contributed by atoms with Crippen molar-refractivity contribution in [3.8, 4) is 5.75 Å². The molecule has 1 aromatic carbocycles. The molecule has 1 N–H and O–H groups in total. The van der Waals surface area contributed by atoms with Crippen LogP contribution >= 0.6 is 0 Å². The van der Waals surface area contributed by atoms with Crippen molar-refractivity contribution in [3.05, 3.63) is 42.0 Å². The normalized spacial score (nSPS) is 40.5. The number of hydrogen-bond donors (Lipinski definition) is 1. The van der Waals surface area contributed by atoms with Crippen LogP contribution in [-0.2, 0) is 16.6 Å². The number of hydrogen-bond acceptors (Lipinski definition) is 4. The highest BCUT2D eigenvalue weighted by Crippen LogP contribution is 2.63. The Balaban J connectivity index is 1.78. The number of piperidine rings is 1. The van der Waals surface area contributed by atoms with E-state index in [-0.39, 0.29) is 11.8 Å². The first kappa shape index (κ1) is 13.8. The van der Waals surface area contributed by atoms with Crippen molar-refractivity contribution in [1.29, 1.82) is 0 Å². The maximum absolute atomic E-state index is 12.6. The second kappa shape index (κ2) is 4.25. The number of likely N-dealkylation sites (tertiary alicyclic amines) is 1. The van der Waals surface area contributed by atoms with E-state index in [0.29, 0.717) is 12.8 Å². The zero-order valence-electron chi connectivity index (χ0n) is 13.1. The van der Waals surface area contributed by atoms with Crippen LogP contribution in [0.2, 0.25) is 0 Å². The summed E-state index contributed by atoms with van der Waals surface area (Å²) in [7, 11) is 0. The van der Waals surface area contributed by atoms with Crippen molar-refractivity contribution in [3.63, 3.8) is 0 Å². The predicted molar refractivity (Wildman–Crippen MR) is 85.6 cm³/mol. The number of ether oxygens (including phenoxy) is 1. The zero-order valence-corrected chi connectivity index (χ0v) is 13.1. The molecular formula is C19H21NO3. The molecule has 2 aliphatic carbocycles. The summed E-state index contributed by atoms with van der Waals surface area (Å²) in [4.78, 5) is 14.9. The highest BCUT2D eigenvalue weighted by molar-refractivity contribution is 5.89. The van der Waals surface area contributed by atoms with Crippen LogP contribution in [0, 0.1) is 0 Å². The van der Waals surface area contributed by atoms with E-state index in [4.69, 9.17) is 4.74 Å². The molecule has 4 unspecified atom stereocenters. The molecule has 0 radical (unpaired) electrons. The van der Waals surface area contributed by atoms with Crippen molar-refractivity contribution in [2.45, 2.75) is 48.8 Å². The topological polar surface area (TPSA) is 49.8 Å². The molecule has 1 aromatic rings. The van der Waals surface area contributed by atoms with Crippen molar-refractivity contribution < 1.29 is 14.6 Å². The summed E-state index contributed by atoms with van der Waals surface area (Å²) in [6, 6.07) is 6.13. The minimum atomic E-state index is -0.882. The van der Waals surface area contributed by atoms with E-state index >= 15 is 0 Å². The van der Waals surface area contributed by atoms with Gasteiger partial charge in [0.25, 0.3) is 0 Å². The number of carbonyl (C=O) groups excluding carboxylic acids is 1. The van der Waals surface area contributed by atoms with Crippen LogP contribution in [0.4, 0.5) is 0 Å². The number of Topliss-reactive ketones (excluding diaryl/α,β-unsaturated/α-hetero) is 1. The van der Waals surface area contributed by atoms with Gasteiger partial charge in [0.15, 0.2) is 11.9 Å². The zero-order chi connectivity index (χ0) is 15.8. The molecule has 4 heteroatoms. The van der Waals surface area contributed by atoms with Crippen LogP contribution in [0.1, 0.15) is 30.4 Å². The first-order valence-electron chi connectivity index (χ1n) is 8.51. The maximum atomic E-state index is 12.6. The van der Waals surface area contributed by atoms with Gasteiger partial charge in [0.2, 0.25) is 0 Å². The second-order valence-electron chi connectivity index (χ2n) is 7.40. The fourth-order valence-corrected chi connectivity index (χ4v) is 5.77. The lowest BCUT2D eigenvalue weighted by Crippen LogP contribution is -2.76. The van der Waals surface area contributed by atoms with E-state index in [9.17, 15) is 9.90 Å². The Labute approximate surface area is 135 Å². The Kier molecular flexibility index (Phi) is 2.54. The Morgan fingerprint density at radius 3 is 3.13 bits per heavy atom. The number of ketones is 1. The Morgan fingerprint density at radius 2 is 2.30 bits per heavy atom. The maximum Gasteiger partial charge on any atom is 0.174 e. The van der Waals surface area contributed by atoms with Crippen molar-refractivity contribution in [1.82, 2.24) is 4.90 Å². The molecule has 2 aliphatic heterocycles. The van der Waals surface area contributed by atoms with E-state index in [0.717, 1.165) is 37.2 Å². The SMILES string of the molecule is C=CCN1CCC23c4c5cccc4OC2C(=O)CCC3(O)C1C5. The Bertz CT molecular complexity index is 729. The molecule has 2 bridgehead atoms. The van der Waals surface area contributed by atoms with Gasteiger partial charge in [-0.1, -0.05) is 18.2 Å². The molecule has 4 aliphatic rings. The third-order valence-corrected chi connectivity index (χ3v) is 6.63. The second-order valence-corrected chi connectivity index (χ2v) is 7.40. The van der Waals surface area contributed by atoms with Crippen LogP contribution in [0.5, 0.6) is 5.75 Å². The van der Waals surface area contributed by atoms with Gasteiger partial charge < -0.3 is 9.84 Å². The molecule has 4 nitrogen and oxygen atoms in total. The van der Waals surface area contributed by atoms with Gasteiger partial charge in [-0.05, 0) is 30.9 Å². The molecule has 2 fully saturated rings. The van der Waals surface area contributed by atoms with Crippen LogP contribution in [0.3, 0.4) is 0 Å². The first-order valence-corrected chi connectivity index (χ1v) is 8.51. The number of carbonyl (C=O) groups is 1. The average Bonchev–Trinajstić information content (AvgIpc) is 2.88. The summed E-state index contributed by atoms with van der Waals surface area (Å²) in [6.07, 6.45) is 3.94. The van der Waals surface area contributed by atoms with Gasteiger partial charge in [0.1, 0.15) is 5.75 Å². The molecule has 2 heterocycles. The third kappa shape index (κ3) is 1.38. The van der Waals surface area contributed by atoms with Gasteiger partial charge in [-0.3, -0.25) is 9.69 Å². The quantitative estimate of drug-likeness (QED) is 0.843. The lowest BCUT2D eigenvalue weighted by molar-refractivity contribution is -0.187. The van der Waals surface area contributed by atoms with Gasteiger partial charge in [-0.2, -0.15) is 0 Å². The average molecular weight is 311 g/mol. The van der Waals surface area contributed by atoms with Gasteiger partial charge in [0, 0.05) is 31.1 Å². The molecular weight excluding hydrogens is 290 g/mol. The van der Waals surface area contributed by atoms with E-state index in [1.807, 2.05) is 18.2 Å². The minimum absolute atomic E-state index is 0.0364. The number of aliphatic hydroxyl groups is 1. The van der Waals surface area contributed by atoms with Crippen LogP contribution in [0.15, 0.2) is 30.9 Å².